The molecule has 1 aliphatic rings. The third-order valence-corrected chi connectivity index (χ3v) is 6.54. The van der Waals surface area contributed by atoms with Gasteiger partial charge in [0.25, 0.3) is 5.56 Å². The summed E-state index contributed by atoms with van der Waals surface area (Å²) in [5.41, 5.74) is -0.245. The van der Waals surface area contributed by atoms with E-state index in [9.17, 15) is 18.0 Å². The maximum Gasteiger partial charge on any atom is 0.326 e. The Balaban J connectivity index is 1.57. The first kappa shape index (κ1) is 20.3. The average Bonchev–Trinajstić information content (AvgIpc) is 2.73. The number of aromatic nitrogens is 3. The second-order valence-corrected chi connectivity index (χ2v) is 8.98. The standard InChI is InChI=1S/C19H22N6O4S/c1-24-7-9-25(10-8-24)17-13(3-2-6-20-17)12-21-30(28,29)14-4-5-16-15(11-14)18(26)23-19(27)22-16/h2-6,11,21H,7-10,12H2,1H3,(H2,22,23,26,27). The molecule has 3 heterocycles. The predicted molar refractivity (Wildman–Crippen MR) is 113 cm³/mol. The van der Waals surface area contributed by atoms with Gasteiger partial charge in [0.1, 0.15) is 5.82 Å². The summed E-state index contributed by atoms with van der Waals surface area (Å²) < 4.78 is 28.2. The molecule has 3 aromatic rings. The molecular weight excluding hydrogens is 408 g/mol. The average molecular weight is 430 g/mol. The maximum atomic E-state index is 12.8. The number of hydrogen-bond acceptors (Lipinski definition) is 7. The van der Waals surface area contributed by atoms with Crippen molar-refractivity contribution in [3.05, 3.63) is 62.9 Å². The van der Waals surface area contributed by atoms with Crippen molar-refractivity contribution in [1.29, 1.82) is 0 Å². The number of benzene rings is 1. The Kier molecular flexibility index (Phi) is 5.41. The van der Waals surface area contributed by atoms with E-state index in [4.69, 9.17) is 0 Å². The first-order valence-corrected chi connectivity index (χ1v) is 11.0. The van der Waals surface area contributed by atoms with E-state index in [1.165, 1.54) is 18.2 Å². The van der Waals surface area contributed by atoms with Crippen LogP contribution in [0.25, 0.3) is 10.9 Å². The number of nitrogens with zero attached hydrogens (tertiary/aromatic N) is 3. The molecule has 10 nitrogen and oxygen atoms in total. The van der Waals surface area contributed by atoms with Gasteiger partial charge >= 0.3 is 5.69 Å². The van der Waals surface area contributed by atoms with Crippen molar-refractivity contribution in [2.45, 2.75) is 11.4 Å². The summed E-state index contributed by atoms with van der Waals surface area (Å²) in [5.74, 6) is 0.765. The molecule has 3 N–H and O–H groups in total. The van der Waals surface area contributed by atoms with Crippen LogP contribution in [0.3, 0.4) is 0 Å². The van der Waals surface area contributed by atoms with Crippen LogP contribution in [0.5, 0.6) is 0 Å². The van der Waals surface area contributed by atoms with Crippen molar-refractivity contribution in [2.75, 3.05) is 38.1 Å². The third-order valence-electron chi connectivity index (χ3n) is 5.14. The molecule has 0 atom stereocenters. The lowest BCUT2D eigenvalue weighted by Gasteiger charge is -2.34. The van der Waals surface area contributed by atoms with Gasteiger partial charge in [0, 0.05) is 44.5 Å². The minimum atomic E-state index is -3.88. The highest BCUT2D eigenvalue weighted by atomic mass is 32.2. The van der Waals surface area contributed by atoms with Gasteiger partial charge in [0.2, 0.25) is 10.0 Å². The van der Waals surface area contributed by atoms with Crippen LogP contribution in [0.2, 0.25) is 0 Å². The summed E-state index contributed by atoms with van der Waals surface area (Å²) in [6.07, 6.45) is 1.70. The SMILES string of the molecule is CN1CCN(c2ncccc2CNS(=O)(=O)c2ccc3[nH]c(=O)[nH]c(=O)c3c2)CC1. The van der Waals surface area contributed by atoms with E-state index in [0.717, 1.165) is 37.6 Å². The number of likely N-dealkylation sites (N-methyl/N-ethyl adjacent to an activating group) is 1. The largest absolute Gasteiger partial charge is 0.354 e. The van der Waals surface area contributed by atoms with Crippen LogP contribution in [-0.4, -0.2) is 61.5 Å². The lowest BCUT2D eigenvalue weighted by molar-refractivity contribution is 0.312. The minimum absolute atomic E-state index is 0.0578. The lowest BCUT2D eigenvalue weighted by atomic mass is 10.2. The van der Waals surface area contributed by atoms with Crippen LogP contribution in [0.15, 0.2) is 51.0 Å². The molecule has 1 saturated heterocycles. The van der Waals surface area contributed by atoms with Gasteiger partial charge in [0.05, 0.1) is 15.8 Å². The second kappa shape index (κ2) is 8.01. The fraction of sp³-hybridized carbons (Fsp3) is 0.316. The highest BCUT2D eigenvalue weighted by molar-refractivity contribution is 7.89. The van der Waals surface area contributed by atoms with Gasteiger partial charge in [-0.05, 0) is 31.3 Å². The number of sulfonamides is 1. The molecule has 1 aliphatic heterocycles. The topological polar surface area (TPSA) is 131 Å². The van der Waals surface area contributed by atoms with Gasteiger partial charge in [0.15, 0.2) is 0 Å². The Hall–Kier alpha value is -3.02. The number of aromatic amines is 2. The summed E-state index contributed by atoms with van der Waals surface area (Å²) >= 11 is 0. The zero-order valence-electron chi connectivity index (χ0n) is 16.4. The first-order valence-electron chi connectivity index (χ1n) is 9.47. The molecule has 0 spiro atoms. The normalized spacial score (nSPS) is 15.6. The van der Waals surface area contributed by atoms with Crippen LogP contribution in [0, 0.1) is 0 Å². The lowest BCUT2D eigenvalue weighted by Crippen LogP contribution is -2.45. The Bertz CT molecular complexity index is 1290. The molecule has 4 rings (SSSR count). The molecule has 30 heavy (non-hydrogen) atoms. The van der Waals surface area contributed by atoms with Gasteiger partial charge in [-0.3, -0.25) is 9.78 Å². The Morgan fingerprint density at radius 2 is 1.87 bits per heavy atom. The molecule has 0 saturated carbocycles. The van der Waals surface area contributed by atoms with Crippen LogP contribution in [0.4, 0.5) is 5.82 Å². The van der Waals surface area contributed by atoms with Crippen molar-refractivity contribution >= 4 is 26.7 Å². The number of hydrogen-bond donors (Lipinski definition) is 3. The van der Waals surface area contributed by atoms with Gasteiger partial charge in [-0.25, -0.2) is 22.9 Å². The number of anilines is 1. The third kappa shape index (κ3) is 4.13. The summed E-state index contributed by atoms with van der Waals surface area (Å²) in [6, 6.07) is 7.62. The van der Waals surface area contributed by atoms with Gasteiger partial charge in [-0.1, -0.05) is 6.07 Å². The number of H-pyrrole nitrogens is 2. The van der Waals surface area contributed by atoms with Crippen molar-refractivity contribution in [1.82, 2.24) is 24.6 Å². The molecule has 0 unspecified atom stereocenters. The van der Waals surface area contributed by atoms with Gasteiger partial charge in [-0.15, -0.1) is 0 Å². The van der Waals surface area contributed by atoms with Crippen LogP contribution < -0.4 is 20.9 Å². The molecule has 0 amide bonds. The molecule has 11 heteroatoms. The number of pyridine rings is 1. The van der Waals surface area contributed by atoms with E-state index in [1.54, 1.807) is 12.3 Å². The highest BCUT2D eigenvalue weighted by Gasteiger charge is 2.20. The smallest absolute Gasteiger partial charge is 0.326 e. The van der Waals surface area contributed by atoms with E-state index in [2.05, 4.69) is 36.5 Å². The zero-order chi connectivity index (χ0) is 21.3. The minimum Gasteiger partial charge on any atom is -0.354 e. The van der Waals surface area contributed by atoms with E-state index in [0.29, 0.717) is 0 Å². The highest BCUT2D eigenvalue weighted by Crippen LogP contribution is 2.20. The quantitative estimate of drug-likeness (QED) is 0.513. The van der Waals surface area contributed by atoms with Crippen molar-refractivity contribution < 1.29 is 8.42 Å². The van der Waals surface area contributed by atoms with E-state index >= 15 is 0 Å². The summed E-state index contributed by atoms with van der Waals surface area (Å²) in [6.45, 7) is 3.53. The molecule has 0 bridgehead atoms. The van der Waals surface area contributed by atoms with Crippen LogP contribution in [-0.2, 0) is 16.6 Å². The van der Waals surface area contributed by atoms with E-state index < -0.39 is 21.3 Å². The molecular formula is C19H22N6O4S. The first-order chi connectivity index (χ1) is 14.3. The molecule has 0 radical (unpaired) electrons. The maximum absolute atomic E-state index is 12.8. The summed E-state index contributed by atoms with van der Waals surface area (Å²) in [4.78, 5) is 36.7. The number of piperazine rings is 1. The molecule has 1 fully saturated rings. The second-order valence-electron chi connectivity index (χ2n) is 7.22. The van der Waals surface area contributed by atoms with Crippen molar-refractivity contribution in [3.63, 3.8) is 0 Å². The molecule has 0 aliphatic carbocycles. The fourth-order valence-electron chi connectivity index (χ4n) is 3.44. The van der Waals surface area contributed by atoms with E-state index in [-0.39, 0.29) is 22.3 Å². The Morgan fingerprint density at radius 1 is 1.10 bits per heavy atom. The van der Waals surface area contributed by atoms with Gasteiger partial charge in [-0.2, -0.15) is 0 Å². The summed E-state index contributed by atoms with van der Waals surface area (Å²) in [7, 11) is -1.82. The Morgan fingerprint density at radius 3 is 2.63 bits per heavy atom. The van der Waals surface area contributed by atoms with Crippen molar-refractivity contribution in [2.24, 2.45) is 0 Å². The monoisotopic (exact) mass is 430 g/mol. The zero-order valence-corrected chi connectivity index (χ0v) is 17.2. The Labute approximate surface area is 172 Å². The van der Waals surface area contributed by atoms with E-state index in [1.807, 2.05) is 6.07 Å². The van der Waals surface area contributed by atoms with Crippen LogP contribution in [0.1, 0.15) is 5.56 Å². The fourth-order valence-corrected chi connectivity index (χ4v) is 4.47. The molecule has 158 valence electrons. The number of rotatable bonds is 5. The summed E-state index contributed by atoms with van der Waals surface area (Å²) in [5, 5.41) is 0.0944. The molecule has 2 aromatic heterocycles. The molecule has 1 aromatic carbocycles. The van der Waals surface area contributed by atoms with Crippen molar-refractivity contribution in [3.8, 4) is 0 Å². The number of nitrogens with one attached hydrogen (secondary N) is 3. The van der Waals surface area contributed by atoms with Crippen LogP contribution >= 0.6 is 0 Å². The van der Waals surface area contributed by atoms with Gasteiger partial charge < -0.3 is 14.8 Å². The number of fused-ring (bicyclic) bond motifs is 1. The predicted octanol–water partition coefficient (Wildman–Crippen LogP) is -0.158.